The Kier molecular flexibility index (Phi) is 6.28. The number of nitrogens with zero attached hydrogens (tertiary/aromatic N) is 1. The second kappa shape index (κ2) is 9.30. The van der Waals surface area contributed by atoms with Crippen LogP contribution in [-0.2, 0) is 11.2 Å². The molecule has 0 aromatic heterocycles. The molecule has 1 aliphatic rings. The van der Waals surface area contributed by atoms with Crippen molar-refractivity contribution in [1.29, 1.82) is 5.41 Å². The molecular weight excluding hydrogens is 420 g/mol. The van der Waals surface area contributed by atoms with Gasteiger partial charge >= 0.3 is 6.09 Å². The van der Waals surface area contributed by atoms with E-state index in [1.807, 2.05) is 30.3 Å². The number of anilines is 1. The Balaban J connectivity index is 1.57. The van der Waals surface area contributed by atoms with Gasteiger partial charge in [0.15, 0.2) is 0 Å². The third-order valence-electron chi connectivity index (χ3n) is 5.85. The first-order valence-electron chi connectivity index (χ1n) is 10.8. The molecule has 1 aliphatic heterocycles. The molecule has 8 nitrogen and oxygen atoms in total. The third-order valence-corrected chi connectivity index (χ3v) is 5.85. The van der Waals surface area contributed by atoms with Crippen molar-refractivity contribution >= 4 is 34.3 Å². The number of amides is 2. The number of fused-ring (bicyclic) bond motifs is 2. The van der Waals surface area contributed by atoms with Crippen LogP contribution in [0.1, 0.15) is 40.0 Å². The third kappa shape index (κ3) is 4.51. The summed E-state index contributed by atoms with van der Waals surface area (Å²) in [5.41, 5.74) is 9.07. The number of rotatable bonds is 5. The lowest BCUT2D eigenvalue weighted by molar-refractivity contribution is 0.0678. The van der Waals surface area contributed by atoms with Crippen LogP contribution in [0.4, 0.5) is 10.5 Å². The molecule has 1 atom stereocenters. The van der Waals surface area contributed by atoms with Gasteiger partial charge in [0.1, 0.15) is 5.84 Å². The van der Waals surface area contributed by atoms with Crippen LogP contribution in [0.15, 0.2) is 54.6 Å². The number of hydrogen-bond acceptors (Lipinski definition) is 5. The number of nitrogens with two attached hydrogens (primary N) is 1. The molecule has 0 spiro atoms. The lowest BCUT2D eigenvalue weighted by Crippen LogP contribution is -2.42. The zero-order chi connectivity index (χ0) is 23.5. The van der Waals surface area contributed by atoms with Crippen molar-refractivity contribution in [3.05, 3.63) is 76.9 Å². The summed E-state index contributed by atoms with van der Waals surface area (Å²) in [6, 6.07) is 15.7. The van der Waals surface area contributed by atoms with Crippen LogP contribution < -0.4 is 11.1 Å². The highest BCUT2D eigenvalue weighted by Gasteiger charge is 2.31. The molecule has 170 valence electrons. The maximum absolute atomic E-state index is 12.9. The maximum Gasteiger partial charge on any atom is 0.410 e. The van der Waals surface area contributed by atoms with Gasteiger partial charge in [-0.1, -0.05) is 24.3 Å². The molecule has 1 unspecified atom stereocenters. The predicted molar refractivity (Wildman–Crippen MR) is 127 cm³/mol. The molecule has 5 N–H and O–H groups in total. The van der Waals surface area contributed by atoms with Crippen LogP contribution in [-0.4, -0.2) is 47.6 Å². The first kappa shape index (κ1) is 22.3. The smallest absolute Gasteiger partial charge is 0.410 e. The molecule has 0 radical (unpaired) electrons. The van der Waals surface area contributed by atoms with Gasteiger partial charge in [-0.25, -0.2) is 4.79 Å². The van der Waals surface area contributed by atoms with E-state index >= 15 is 0 Å². The Morgan fingerprint density at radius 3 is 2.48 bits per heavy atom. The fourth-order valence-corrected chi connectivity index (χ4v) is 4.15. The SMILES string of the molecule is CCOC(=O)N1CCc2ccc(NC(=O)c3ccc4cc(C(=N)N)ccc4c3)cc2C1CO. The molecule has 3 aromatic rings. The summed E-state index contributed by atoms with van der Waals surface area (Å²) in [4.78, 5) is 26.7. The van der Waals surface area contributed by atoms with E-state index in [1.165, 1.54) is 4.90 Å². The van der Waals surface area contributed by atoms with E-state index in [1.54, 1.807) is 31.2 Å². The number of benzene rings is 3. The number of ether oxygens (including phenoxy) is 1. The number of aliphatic hydroxyl groups excluding tert-OH is 1. The summed E-state index contributed by atoms with van der Waals surface area (Å²) in [5, 5.41) is 22.2. The van der Waals surface area contributed by atoms with Crippen molar-refractivity contribution < 1.29 is 19.4 Å². The average Bonchev–Trinajstić information content (AvgIpc) is 2.82. The zero-order valence-electron chi connectivity index (χ0n) is 18.3. The highest BCUT2D eigenvalue weighted by molar-refractivity contribution is 6.07. The maximum atomic E-state index is 12.9. The predicted octanol–water partition coefficient (Wildman–Crippen LogP) is 3.42. The Morgan fingerprint density at radius 2 is 1.82 bits per heavy atom. The molecule has 0 saturated carbocycles. The first-order valence-corrected chi connectivity index (χ1v) is 10.8. The summed E-state index contributed by atoms with van der Waals surface area (Å²) in [6.07, 6.45) is 0.187. The number of carbonyl (C=O) groups is 2. The van der Waals surface area contributed by atoms with Gasteiger partial charge in [-0.05, 0) is 65.6 Å². The topological polar surface area (TPSA) is 129 Å². The van der Waals surface area contributed by atoms with Gasteiger partial charge in [0.25, 0.3) is 5.91 Å². The number of amidine groups is 1. The monoisotopic (exact) mass is 446 g/mol. The molecule has 3 aromatic carbocycles. The van der Waals surface area contributed by atoms with Crippen molar-refractivity contribution in [2.45, 2.75) is 19.4 Å². The van der Waals surface area contributed by atoms with Crippen LogP contribution >= 0.6 is 0 Å². The second-order valence-corrected chi connectivity index (χ2v) is 7.90. The molecular formula is C25H26N4O4. The summed E-state index contributed by atoms with van der Waals surface area (Å²) >= 11 is 0. The van der Waals surface area contributed by atoms with E-state index < -0.39 is 12.1 Å². The zero-order valence-corrected chi connectivity index (χ0v) is 18.3. The number of nitrogens with one attached hydrogen (secondary N) is 2. The number of carbonyl (C=O) groups excluding carboxylic acids is 2. The number of hydrogen-bond donors (Lipinski definition) is 4. The minimum absolute atomic E-state index is 0.00571. The van der Waals surface area contributed by atoms with Crippen LogP contribution in [0.5, 0.6) is 0 Å². The van der Waals surface area contributed by atoms with Crippen molar-refractivity contribution in [2.75, 3.05) is 25.1 Å². The van der Waals surface area contributed by atoms with Gasteiger partial charge in [-0.15, -0.1) is 0 Å². The fourth-order valence-electron chi connectivity index (χ4n) is 4.15. The van der Waals surface area contributed by atoms with E-state index in [0.717, 1.165) is 21.9 Å². The molecule has 0 aliphatic carbocycles. The minimum atomic E-state index is -0.527. The van der Waals surface area contributed by atoms with Gasteiger partial charge < -0.3 is 20.9 Å². The molecule has 4 rings (SSSR count). The first-order chi connectivity index (χ1) is 15.9. The molecule has 33 heavy (non-hydrogen) atoms. The van der Waals surface area contributed by atoms with E-state index in [0.29, 0.717) is 29.8 Å². The molecule has 0 bridgehead atoms. The molecule has 0 fully saturated rings. The van der Waals surface area contributed by atoms with Gasteiger partial charge in [0, 0.05) is 23.4 Å². The Hall–Kier alpha value is -3.91. The van der Waals surface area contributed by atoms with Crippen LogP contribution in [0.2, 0.25) is 0 Å². The van der Waals surface area contributed by atoms with Crippen molar-refractivity contribution in [3.8, 4) is 0 Å². The Labute approximate surface area is 191 Å². The van der Waals surface area contributed by atoms with Crippen LogP contribution in [0.25, 0.3) is 10.8 Å². The highest BCUT2D eigenvalue weighted by Crippen LogP contribution is 2.32. The Morgan fingerprint density at radius 1 is 1.12 bits per heavy atom. The highest BCUT2D eigenvalue weighted by atomic mass is 16.6. The summed E-state index contributed by atoms with van der Waals surface area (Å²) in [6.45, 7) is 2.23. The van der Waals surface area contributed by atoms with E-state index in [9.17, 15) is 14.7 Å². The van der Waals surface area contributed by atoms with E-state index in [2.05, 4.69) is 5.32 Å². The molecule has 8 heteroatoms. The van der Waals surface area contributed by atoms with Crippen molar-refractivity contribution in [2.24, 2.45) is 5.73 Å². The largest absolute Gasteiger partial charge is 0.450 e. The minimum Gasteiger partial charge on any atom is -0.450 e. The van der Waals surface area contributed by atoms with Crippen LogP contribution in [0, 0.1) is 5.41 Å². The standard InChI is InChI=1S/C25H26N4O4/c1-2-33-25(32)29-10-9-15-7-8-20(13-21(15)22(29)14-30)28-24(31)19-6-4-16-11-18(23(26)27)5-3-17(16)12-19/h3-8,11-13,22,30H,2,9-10,14H2,1H3,(H3,26,27)(H,28,31). The summed E-state index contributed by atoms with van der Waals surface area (Å²) < 4.78 is 5.12. The fraction of sp³-hybridized carbons (Fsp3) is 0.240. The van der Waals surface area contributed by atoms with Crippen LogP contribution in [0.3, 0.4) is 0 Å². The number of aliphatic hydroxyl groups is 1. The lowest BCUT2D eigenvalue weighted by atomic mass is 9.92. The average molecular weight is 447 g/mol. The lowest BCUT2D eigenvalue weighted by Gasteiger charge is -2.35. The summed E-state index contributed by atoms with van der Waals surface area (Å²) in [7, 11) is 0. The second-order valence-electron chi connectivity index (χ2n) is 7.90. The number of nitrogen functional groups attached to an aromatic ring is 1. The molecule has 2 amide bonds. The van der Waals surface area contributed by atoms with Gasteiger partial charge in [-0.2, -0.15) is 0 Å². The van der Waals surface area contributed by atoms with Gasteiger partial charge in [-0.3, -0.25) is 15.1 Å². The van der Waals surface area contributed by atoms with Gasteiger partial charge in [0.2, 0.25) is 0 Å². The van der Waals surface area contributed by atoms with E-state index in [4.69, 9.17) is 15.9 Å². The molecule has 0 saturated heterocycles. The quantitative estimate of drug-likeness (QED) is 0.353. The van der Waals surface area contributed by atoms with Crippen molar-refractivity contribution in [3.63, 3.8) is 0 Å². The van der Waals surface area contributed by atoms with E-state index in [-0.39, 0.29) is 25.0 Å². The summed E-state index contributed by atoms with van der Waals surface area (Å²) in [5.74, 6) is -0.278. The molecule has 1 heterocycles. The van der Waals surface area contributed by atoms with Crippen molar-refractivity contribution in [1.82, 2.24) is 4.90 Å². The normalized spacial score (nSPS) is 15.1. The van der Waals surface area contributed by atoms with Gasteiger partial charge in [0.05, 0.1) is 19.3 Å². The Bertz CT molecular complexity index is 1240.